The standard InChI is InChI=1S/C16H33NO3S/c1-5-11-21(18,19)12-10-20-16(13-17)8-6-14(7-9-16)15(2,3)4/h14H,5-13,17H2,1-4H3. The Morgan fingerprint density at radius 3 is 2.19 bits per heavy atom. The molecule has 0 spiro atoms. The van der Waals surface area contributed by atoms with Crippen LogP contribution < -0.4 is 5.73 Å². The number of sulfone groups is 1. The van der Waals surface area contributed by atoms with Gasteiger partial charge in [0.2, 0.25) is 0 Å². The van der Waals surface area contributed by atoms with Crippen molar-refractivity contribution in [3.8, 4) is 0 Å². The molecule has 0 aromatic heterocycles. The molecule has 1 aliphatic carbocycles. The molecule has 0 heterocycles. The van der Waals surface area contributed by atoms with Crippen molar-refractivity contribution in [3.63, 3.8) is 0 Å². The van der Waals surface area contributed by atoms with E-state index in [1.807, 2.05) is 6.92 Å². The zero-order chi connectivity index (χ0) is 16.1. The van der Waals surface area contributed by atoms with Crippen LogP contribution in [0.5, 0.6) is 0 Å². The van der Waals surface area contributed by atoms with E-state index in [0.29, 0.717) is 24.3 Å². The summed E-state index contributed by atoms with van der Waals surface area (Å²) in [5.41, 5.74) is 5.95. The van der Waals surface area contributed by atoms with Crippen LogP contribution in [0.4, 0.5) is 0 Å². The second kappa shape index (κ2) is 7.42. The number of ether oxygens (including phenoxy) is 1. The van der Waals surface area contributed by atoms with Gasteiger partial charge in [-0.1, -0.05) is 27.7 Å². The van der Waals surface area contributed by atoms with Gasteiger partial charge in [0, 0.05) is 12.3 Å². The van der Waals surface area contributed by atoms with Gasteiger partial charge in [-0.05, 0) is 43.4 Å². The topological polar surface area (TPSA) is 69.4 Å². The lowest BCUT2D eigenvalue weighted by atomic mass is 9.68. The SMILES string of the molecule is CCCS(=O)(=O)CCOC1(CN)CCC(C(C)(C)C)CC1. The summed E-state index contributed by atoms with van der Waals surface area (Å²) in [7, 11) is -2.97. The quantitative estimate of drug-likeness (QED) is 0.783. The first kappa shape index (κ1) is 18.9. The number of rotatable bonds is 7. The van der Waals surface area contributed by atoms with E-state index in [1.165, 1.54) is 0 Å². The van der Waals surface area contributed by atoms with Crippen molar-refractivity contribution in [2.24, 2.45) is 17.1 Å². The molecule has 0 aromatic carbocycles. The molecular weight excluding hydrogens is 286 g/mol. The highest BCUT2D eigenvalue weighted by molar-refractivity contribution is 7.91. The minimum absolute atomic E-state index is 0.116. The summed E-state index contributed by atoms with van der Waals surface area (Å²) in [4.78, 5) is 0. The van der Waals surface area contributed by atoms with Crippen molar-refractivity contribution in [1.82, 2.24) is 0 Å². The molecular formula is C16H33NO3S. The first-order valence-corrected chi connectivity index (χ1v) is 10.0. The Labute approximate surface area is 130 Å². The Bertz CT molecular complexity index is 404. The smallest absolute Gasteiger partial charge is 0.152 e. The van der Waals surface area contributed by atoms with Crippen molar-refractivity contribution < 1.29 is 13.2 Å². The largest absolute Gasteiger partial charge is 0.373 e. The van der Waals surface area contributed by atoms with Crippen LogP contribution in [-0.4, -0.2) is 38.7 Å². The van der Waals surface area contributed by atoms with Crippen LogP contribution in [0.1, 0.15) is 59.8 Å². The van der Waals surface area contributed by atoms with Crippen molar-refractivity contribution in [2.45, 2.75) is 65.4 Å². The third-order valence-electron chi connectivity index (χ3n) is 4.81. The van der Waals surface area contributed by atoms with Crippen molar-refractivity contribution in [2.75, 3.05) is 24.7 Å². The summed E-state index contributed by atoms with van der Waals surface area (Å²) in [6.07, 6.45) is 4.78. The Balaban J connectivity index is 2.49. The first-order chi connectivity index (χ1) is 9.64. The molecule has 21 heavy (non-hydrogen) atoms. The average molecular weight is 320 g/mol. The Hall–Kier alpha value is -0.130. The molecule has 1 rings (SSSR count). The summed E-state index contributed by atoms with van der Waals surface area (Å²) in [6, 6.07) is 0. The van der Waals surface area contributed by atoms with Gasteiger partial charge in [0.1, 0.15) is 0 Å². The van der Waals surface area contributed by atoms with E-state index in [4.69, 9.17) is 10.5 Å². The van der Waals surface area contributed by atoms with E-state index in [0.717, 1.165) is 25.7 Å². The number of nitrogens with two attached hydrogens (primary N) is 1. The van der Waals surface area contributed by atoms with Gasteiger partial charge in [-0.2, -0.15) is 0 Å². The lowest BCUT2D eigenvalue weighted by Crippen LogP contribution is -2.46. The van der Waals surface area contributed by atoms with Crippen LogP contribution in [0.2, 0.25) is 0 Å². The Morgan fingerprint density at radius 2 is 1.76 bits per heavy atom. The summed E-state index contributed by atoms with van der Waals surface area (Å²) < 4.78 is 29.4. The van der Waals surface area contributed by atoms with E-state index in [-0.39, 0.29) is 23.7 Å². The van der Waals surface area contributed by atoms with Gasteiger partial charge in [-0.25, -0.2) is 8.42 Å². The third-order valence-corrected chi connectivity index (χ3v) is 6.63. The molecule has 2 N–H and O–H groups in total. The van der Waals surface area contributed by atoms with Crippen LogP contribution in [0.25, 0.3) is 0 Å². The molecule has 1 aliphatic rings. The Kier molecular flexibility index (Phi) is 6.69. The van der Waals surface area contributed by atoms with Crippen LogP contribution in [0, 0.1) is 11.3 Å². The molecule has 4 nitrogen and oxygen atoms in total. The fraction of sp³-hybridized carbons (Fsp3) is 1.00. The zero-order valence-corrected chi connectivity index (χ0v) is 15.0. The normalized spacial score (nSPS) is 27.8. The second-order valence-corrected chi connectivity index (χ2v) is 9.83. The maximum atomic E-state index is 11.7. The summed E-state index contributed by atoms with van der Waals surface area (Å²) in [5.74, 6) is 1.06. The lowest BCUT2D eigenvalue weighted by Gasteiger charge is -2.43. The molecule has 126 valence electrons. The molecule has 1 fully saturated rings. The fourth-order valence-electron chi connectivity index (χ4n) is 3.22. The number of hydrogen-bond acceptors (Lipinski definition) is 4. The van der Waals surface area contributed by atoms with Crippen molar-refractivity contribution >= 4 is 9.84 Å². The van der Waals surface area contributed by atoms with Gasteiger partial charge >= 0.3 is 0 Å². The zero-order valence-electron chi connectivity index (χ0n) is 14.2. The Morgan fingerprint density at radius 1 is 1.19 bits per heavy atom. The molecule has 5 heteroatoms. The van der Waals surface area contributed by atoms with Crippen molar-refractivity contribution in [1.29, 1.82) is 0 Å². The predicted molar refractivity (Wildman–Crippen MR) is 88.1 cm³/mol. The molecule has 0 unspecified atom stereocenters. The average Bonchev–Trinajstić information content (AvgIpc) is 2.38. The summed E-state index contributed by atoms with van der Waals surface area (Å²) in [5, 5.41) is 0. The van der Waals surface area contributed by atoms with Crippen LogP contribution in [0.15, 0.2) is 0 Å². The second-order valence-electron chi connectivity index (χ2n) is 7.53. The molecule has 0 amide bonds. The van der Waals surface area contributed by atoms with Gasteiger partial charge in [0.25, 0.3) is 0 Å². The van der Waals surface area contributed by atoms with Crippen LogP contribution in [-0.2, 0) is 14.6 Å². The molecule has 0 atom stereocenters. The highest BCUT2D eigenvalue weighted by Crippen LogP contribution is 2.42. The maximum absolute atomic E-state index is 11.7. The van der Waals surface area contributed by atoms with Crippen molar-refractivity contribution in [3.05, 3.63) is 0 Å². The van der Waals surface area contributed by atoms with E-state index in [1.54, 1.807) is 0 Å². The van der Waals surface area contributed by atoms with E-state index < -0.39 is 9.84 Å². The van der Waals surface area contributed by atoms with E-state index in [2.05, 4.69) is 20.8 Å². The van der Waals surface area contributed by atoms with Gasteiger partial charge in [-0.15, -0.1) is 0 Å². The molecule has 0 aromatic rings. The predicted octanol–water partition coefficient (Wildman–Crippen LogP) is 2.76. The third kappa shape index (κ3) is 5.87. The minimum Gasteiger partial charge on any atom is -0.373 e. The molecule has 0 radical (unpaired) electrons. The van der Waals surface area contributed by atoms with Crippen LogP contribution >= 0.6 is 0 Å². The summed E-state index contributed by atoms with van der Waals surface area (Å²) in [6.45, 7) is 9.49. The molecule has 0 bridgehead atoms. The van der Waals surface area contributed by atoms with Gasteiger partial charge in [0.15, 0.2) is 9.84 Å². The first-order valence-electron chi connectivity index (χ1n) is 8.18. The van der Waals surface area contributed by atoms with Gasteiger partial charge < -0.3 is 10.5 Å². The van der Waals surface area contributed by atoms with Gasteiger partial charge in [0.05, 0.1) is 18.0 Å². The highest BCUT2D eigenvalue weighted by atomic mass is 32.2. The highest BCUT2D eigenvalue weighted by Gasteiger charge is 2.38. The maximum Gasteiger partial charge on any atom is 0.152 e. The summed E-state index contributed by atoms with van der Waals surface area (Å²) >= 11 is 0. The molecule has 0 aliphatic heterocycles. The minimum atomic E-state index is -2.97. The molecule has 0 saturated heterocycles. The van der Waals surface area contributed by atoms with E-state index in [9.17, 15) is 8.42 Å². The van der Waals surface area contributed by atoms with E-state index >= 15 is 0 Å². The number of hydrogen-bond donors (Lipinski definition) is 1. The van der Waals surface area contributed by atoms with Crippen LogP contribution in [0.3, 0.4) is 0 Å². The lowest BCUT2D eigenvalue weighted by molar-refractivity contribution is -0.0739. The monoisotopic (exact) mass is 319 g/mol. The molecule has 1 saturated carbocycles. The fourth-order valence-corrected chi connectivity index (χ4v) is 4.38. The van der Waals surface area contributed by atoms with Gasteiger partial charge in [-0.3, -0.25) is 0 Å².